The quantitative estimate of drug-likeness (QED) is 0.812. The van der Waals surface area contributed by atoms with Gasteiger partial charge in [0.15, 0.2) is 5.76 Å². The fourth-order valence-corrected chi connectivity index (χ4v) is 2.71. The van der Waals surface area contributed by atoms with Crippen molar-refractivity contribution in [2.45, 2.75) is 57.9 Å². The molecular formula is C17H22N4O3. The molecule has 0 aromatic carbocycles. The number of hydrogen-bond acceptors (Lipinski definition) is 5. The van der Waals surface area contributed by atoms with Crippen LogP contribution in [-0.2, 0) is 6.54 Å². The van der Waals surface area contributed by atoms with Crippen LogP contribution in [-0.4, -0.2) is 21.0 Å². The molecule has 7 heteroatoms. The summed E-state index contributed by atoms with van der Waals surface area (Å²) in [4.78, 5) is 30.8. The zero-order chi connectivity index (χ0) is 17.1. The predicted molar refractivity (Wildman–Crippen MR) is 87.8 cm³/mol. The number of H-pyrrole nitrogens is 1. The van der Waals surface area contributed by atoms with Gasteiger partial charge in [0.1, 0.15) is 11.5 Å². The normalized spacial score (nSPS) is 14.1. The topological polar surface area (TPSA) is 101 Å². The summed E-state index contributed by atoms with van der Waals surface area (Å²) in [6, 6.07) is 3.09. The van der Waals surface area contributed by atoms with E-state index in [0.29, 0.717) is 17.5 Å². The third-order valence-electron chi connectivity index (χ3n) is 4.36. The minimum atomic E-state index is -0.386. The lowest BCUT2D eigenvalue weighted by Crippen LogP contribution is -2.26. The van der Waals surface area contributed by atoms with Crippen LogP contribution < -0.4 is 10.9 Å². The van der Waals surface area contributed by atoms with Crippen molar-refractivity contribution < 1.29 is 9.32 Å². The number of aromatic nitrogens is 3. The van der Waals surface area contributed by atoms with Gasteiger partial charge in [-0.05, 0) is 25.7 Å². The Bertz CT molecular complexity index is 772. The van der Waals surface area contributed by atoms with Gasteiger partial charge in [-0.15, -0.1) is 0 Å². The van der Waals surface area contributed by atoms with Crippen LogP contribution in [0.1, 0.15) is 79.1 Å². The third-order valence-corrected chi connectivity index (χ3v) is 4.36. The van der Waals surface area contributed by atoms with Gasteiger partial charge in [-0.2, -0.15) is 0 Å². The van der Waals surface area contributed by atoms with Gasteiger partial charge < -0.3 is 14.8 Å². The van der Waals surface area contributed by atoms with Crippen LogP contribution in [0.3, 0.4) is 0 Å². The summed E-state index contributed by atoms with van der Waals surface area (Å²) < 4.78 is 5.28. The molecule has 7 nitrogen and oxygen atoms in total. The molecule has 0 bridgehead atoms. The maximum atomic E-state index is 12.2. The monoisotopic (exact) mass is 330 g/mol. The number of aromatic amines is 1. The Morgan fingerprint density at radius 3 is 2.79 bits per heavy atom. The van der Waals surface area contributed by atoms with Crippen molar-refractivity contribution in [3.05, 3.63) is 45.5 Å². The molecule has 0 saturated heterocycles. The van der Waals surface area contributed by atoms with Gasteiger partial charge in [0.2, 0.25) is 0 Å². The van der Waals surface area contributed by atoms with E-state index in [1.165, 1.54) is 6.07 Å². The standard InChI is InChI=1S/C17H22N4O3/c1-3-10(4-2)13-7-12(24-21-13)9-18-17(23)14-8-15(22)20-16(19-14)11-5-6-11/h7-8,10-11H,3-6,9H2,1-2H3,(H,18,23)(H,19,20,22). The average Bonchev–Trinajstić information content (AvgIpc) is 3.33. The molecule has 128 valence electrons. The molecule has 1 amide bonds. The molecule has 0 spiro atoms. The van der Waals surface area contributed by atoms with Crippen LogP contribution in [0.2, 0.25) is 0 Å². The summed E-state index contributed by atoms with van der Waals surface area (Å²) in [6.45, 7) is 4.44. The Balaban J connectivity index is 1.64. The van der Waals surface area contributed by atoms with Crippen LogP contribution in [0.15, 0.2) is 21.5 Å². The number of amides is 1. The molecule has 2 heterocycles. The first-order chi connectivity index (χ1) is 11.6. The molecule has 2 aromatic rings. The summed E-state index contributed by atoms with van der Waals surface area (Å²) in [5, 5.41) is 6.80. The van der Waals surface area contributed by atoms with E-state index in [2.05, 4.69) is 34.3 Å². The van der Waals surface area contributed by atoms with E-state index in [9.17, 15) is 9.59 Å². The lowest BCUT2D eigenvalue weighted by Gasteiger charge is -2.06. The van der Waals surface area contributed by atoms with Gasteiger partial charge in [-0.3, -0.25) is 9.59 Å². The first-order valence-corrected chi connectivity index (χ1v) is 8.45. The molecule has 0 radical (unpaired) electrons. The second-order valence-corrected chi connectivity index (χ2v) is 6.20. The highest BCUT2D eigenvalue weighted by atomic mass is 16.5. The first kappa shape index (κ1) is 16.4. The average molecular weight is 330 g/mol. The lowest BCUT2D eigenvalue weighted by molar-refractivity contribution is 0.0941. The largest absolute Gasteiger partial charge is 0.359 e. The van der Waals surface area contributed by atoms with Crippen molar-refractivity contribution in [1.82, 2.24) is 20.4 Å². The summed E-state index contributed by atoms with van der Waals surface area (Å²) in [5.74, 6) is 1.46. The van der Waals surface area contributed by atoms with Crippen molar-refractivity contribution in [1.29, 1.82) is 0 Å². The maximum absolute atomic E-state index is 12.2. The molecule has 0 atom stereocenters. The fraction of sp³-hybridized carbons (Fsp3) is 0.529. The number of nitrogens with zero attached hydrogens (tertiary/aromatic N) is 2. The minimum absolute atomic E-state index is 0.139. The minimum Gasteiger partial charge on any atom is -0.359 e. The van der Waals surface area contributed by atoms with Crippen molar-refractivity contribution in [2.24, 2.45) is 0 Å². The van der Waals surface area contributed by atoms with Gasteiger partial charge >= 0.3 is 0 Å². The fourth-order valence-electron chi connectivity index (χ4n) is 2.71. The molecule has 24 heavy (non-hydrogen) atoms. The van der Waals surface area contributed by atoms with Gasteiger partial charge in [-0.1, -0.05) is 19.0 Å². The zero-order valence-electron chi connectivity index (χ0n) is 14.0. The summed E-state index contributed by atoms with van der Waals surface area (Å²) >= 11 is 0. The van der Waals surface area contributed by atoms with Gasteiger partial charge in [0, 0.05) is 24.0 Å². The lowest BCUT2D eigenvalue weighted by atomic mass is 9.99. The number of carbonyl (C=O) groups excluding carboxylic acids is 1. The summed E-state index contributed by atoms with van der Waals surface area (Å²) in [6.07, 6.45) is 4.00. The molecule has 1 saturated carbocycles. The van der Waals surface area contributed by atoms with Crippen LogP contribution >= 0.6 is 0 Å². The molecule has 3 rings (SSSR count). The van der Waals surface area contributed by atoms with Crippen LogP contribution in [0.5, 0.6) is 0 Å². The molecule has 0 aliphatic heterocycles. The molecule has 1 fully saturated rings. The molecule has 1 aliphatic rings. The van der Waals surface area contributed by atoms with Gasteiger partial charge in [0.25, 0.3) is 11.5 Å². The van der Waals surface area contributed by atoms with E-state index < -0.39 is 0 Å². The second kappa shape index (κ2) is 6.98. The van der Waals surface area contributed by atoms with E-state index in [1.54, 1.807) is 0 Å². The predicted octanol–water partition coefficient (Wildman–Crippen LogP) is 2.47. The number of carbonyl (C=O) groups is 1. The van der Waals surface area contributed by atoms with Crippen molar-refractivity contribution in [3.63, 3.8) is 0 Å². The van der Waals surface area contributed by atoms with E-state index in [4.69, 9.17) is 4.52 Å². The first-order valence-electron chi connectivity index (χ1n) is 8.45. The van der Waals surface area contributed by atoms with E-state index in [0.717, 1.165) is 31.4 Å². The third kappa shape index (κ3) is 3.72. The molecule has 1 aliphatic carbocycles. The van der Waals surface area contributed by atoms with E-state index in [1.807, 2.05) is 6.07 Å². The highest BCUT2D eigenvalue weighted by molar-refractivity contribution is 5.92. The maximum Gasteiger partial charge on any atom is 0.270 e. The van der Waals surface area contributed by atoms with Crippen LogP contribution in [0.25, 0.3) is 0 Å². The number of hydrogen-bond donors (Lipinski definition) is 2. The van der Waals surface area contributed by atoms with Crippen LogP contribution in [0, 0.1) is 0 Å². The molecule has 2 aromatic heterocycles. The smallest absolute Gasteiger partial charge is 0.270 e. The van der Waals surface area contributed by atoms with Crippen LogP contribution in [0.4, 0.5) is 0 Å². The highest BCUT2D eigenvalue weighted by Gasteiger charge is 2.27. The highest BCUT2D eigenvalue weighted by Crippen LogP contribution is 2.37. The summed E-state index contributed by atoms with van der Waals surface area (Å²) in [7, 11) is 0. The second-order valence-electron chi connectivity index (χ2n) is 6.20. The van der Waals surface area contributed by atoms with Crippen molar-refractivity contribution >= 4 is 5.91 Å². The van der Waals surface area contributed by atoms with Gasteiger partial charge in [-0.25, -0.2) is 4.98 Å². The van der Waals surface area contributed by atoms with Crippen molar-refractivity contribution in [2.75, 3.05) is 0 Å². The SMILES string of the molecule is CCC(CC)c1cc(CNC(=O)c2cc(=O)[nH]c(C3CC3)n2)on1. The van der Waals surface area contributed by atoms with Gasteiger partial charge in [0.05, 0.1) is 12.2 Å². The molecule has 0 unspecified atom stereocenters. The molecule has 2 N–H and O–H groups in total. The Morgan fingerprint density at radius 1 is 1.38 bits per heavy atom. The number of rotatable bonds is 7. The van der Waals surface area contributed by atoms with Crippen molar-refractivity contribution in [3.8, 4) is 0 Å². The van der Waals surface area contributed by atoms with E-state index in [-0.39, 0.29) is 29.6 Å². The Hall–Kier alpha value is -2.44. The summed E-state index contributed by atoms with van der Waals surface area (Å²) in [5.41, 5.74) is 0.752. The van der Waals surface area contributed by atoms with E-state index >= 15 is 0 Å². The Kier molecular flexibility index (Phi) is 4.78. The Labute approximate surface area is 139 Å². The zero-order valence-corrected chi connectivity index (χ0v) is 14.0. The Morgan fingerprint density at radius 2 is 2.12 bits per heavy atom. The number of nitrogens with one attached hydrogen (secondary N) is 2. The molecular weight excluding hydrogens is 308 g/mol.